The molecule has 3 rings (SSSR count). The summed E-state index contributed by atoms with van der Waals surface area (Å²) in [6.45, 7) is 1.47. The first-order chi connectivity index (χ1) is 10.6. The molecule has 1 aliphatic heterocycles. The van der Waals surface area contributed by atoms with Crippen molar-refractivity contribution in [3.8, 4) is 0 Å². The summed E-state index contributed by atoms with van der Waals surface area (Å²) in [5.41, 5.74) is 3.04. The number of thiophene rings is 1. The highest BCUT2D eigenvalue weighted by Gasteiger charge is 2.19. The van der Waals surface area contributed by atoms with Gasteiger partial charge in [0.2, 0.25) is 5.91 Å². The van der Waals surface area contributed by atoms with Crippen LogP contribution in [0.5, 0.6) is 0 Å². The van der Waals surface area contributed by atoms with Crippen molar-refractivity contribution in [3.63, 3.8) is 0 Å². The van der Waals surface area contributed by atoms with E-state index >= 15 is 0 Å². The highest BCUT2D eigenvalue weighted by Crippen LogP contribution is 2.24. The van der Waals surface area contributed by atoms with Gasteiger partial charge in [0.25, 0.3) is 5.91 Å². The fourth-order valence-electron chi connectivity index (χ4n) is 2.18. The van der Waals surface area contributed by atoms with E-state index in [4.69, 9.17) is 0 Å². The molecular weight excluding hydrogens is 296 g/mol. The first-order valence-electron chi connectivity index (χ1n) is 6.78. The molecule has 0 saturated carbocycles. The molecule has 0 bridgehead atoms. The fourth-order valence-corrected chi connectivity index (χ4v) is 2.84. The molecule has 0 spiro atoms. The van der Waals surface area contributed by atoms with Gasteiger partial charge in [0, 0.05) is 28.8 Å². The average Bonchev–Trinajstić information content (AvgIpc) is 3.10. The number of anilines is 1. The topological polar surface area (TPSA) is 58.2 Å². The summed E-state index contributed by atoms with van der Waals surface area (Å²) in [4.78, 5) is 24.1. The summed E-state index contributed by atoms with van der Waals surface area (Å²) in [5, 5.41) is 7.55. The van der Waals surface area contributed by atoms with Gasteiger partial charge in [-0.3, -0.25) is 9.59 Å². The number of hydrogen-bond acceptors (Lipinski definition) is 3. The number of carbonyl (C=O) groups is 2. The lowest BCUT2D eigenvalue weighted by Crippen LogP contribution is -2.15. The largest absolute Gasteiger partial charge is 0.326 e. The van der Waals surface area contributed by atoms with Gasteiger partial charge < -0.3 is 10.6 Å². The van der Waals surface area contributed by atoms with Gasteiger partial charge in [0.05, 0.1) is 0 Å². The van der Waals surface area contributed by atoms with E-state index < -0.39 is 0 Å². The van der Waals surface area contributed by atoms with Crippen LogP contribution in [-0.2, 0) is 9.59 Å². The molecule has 1 aromatic carbocycles. The Labute approximate surface area is 132 Å². The van der Waals surface area contributed by atoms with Crippen LogP contribution in [0.3, 0.4) is 0 Å². The minimum atomic E-state index is -0.109. The zero-order valence-electron chi connectivity index (χ0n) is 11.9. The molecule has 4 nitrogen and oxygen atoms in total. The van der Waals surface area contributed by atoms with Crippen molar-refractivity contribution in [3.05, 3.63) is 63.9 Å². The van der Waals surface area contributed by atoms with E-state index in [1.807, 2.05) is 53.9 Å². The monoisotopic (exact) mass is 310 g/mol. The Morgan fingerprint density at radius 1 is 1.23 bits per heavy atom. The summed E-state index contributed by atoms with van der Waals surface area (Å²) >= 11 is 1.59. The fraction of sp³-hybridized carbons (Fsp3) is 0.0588. The van der Waals surface area contributed by atoms with Gasteiger partial charge in [0.15, 0.2) is 0 Å². The number of amides is 2. The van der Waals surface area contributed by atoms with Gasteiger partial charge in [-0.05, 0) is 41.3 Å². The number of carbonyl (C=O) groups excluding carboxylic acids is 2. The Kier molecular flexibility index (Phi) is 3.89. The van der Waals surface area contributed by atoms with E-state index in [2.05, 4.69) is 10.6 Å². The first kappa shape index (κ1) is 14.3. The lowest BCUT2D eigenvalue weighted by molar-refractivity contribution is -0.116. The summed E-state index contributed by atoms with van der Waals surface area (Å²) in [6, 6.07) is 11.3. The Bertz CT molecular complexity index is 772. The van der Waals surface area contributed by atoms with E-state index in [-0.39, 0.29) is 11.8 Å². The Morgan fingerprint density at radius 2 is 2.00 bits per heavy atom. The van der Waals surface area contributed by atoms with Gasteiger partial charge >= 0.3 is 0 Å². The van der Waals surface area contributed by atoms with Crippen LogP contribution in [0.15, 0.2) is 53.4 Å². The molecule has 0 saturated heterocycles. The van der Waals surface area contributed by atoms with Crippen LogP contribution in [0, 0.1) is 0 Å². The van der Waals surface area contributed by atoms with E-state index in [0.29, 0.717) is 5.57 Å². The molecule has 2 heterocycles. The van der Waals surface area contributed by atoms with Crippen LogP contribution in [-0.4, -0.2) is 11.8 Å². The van der Waals surface area contributed by atoms with Crippen LogP contribution < -0.4 is 10.6 Å². The minimum Gasteiger partial charge on any atom is -0.326 e. The van der Waals surface area contributed by atoms with Crippen LogP contribution in [0.1, 0.15) is 17.4 Å². The third-order valence-corrected chi connectivity index (χ3v) is 3.99. The molecule has 0 aliphatic carbocycles. The third kappa shape index (κ3) is 3.15. The molecule has 1 aliphatic rings. The van der Waals surface area contributed by atoms with E-state index in [9.17, 15) is 9.59 Å². The SMILES string of the molecule is CC(=O)Nc1ccc(C2=CC(=Cc3cccs3)C(=O)N2)cc1. The standard InChI is InChI=1S/C17H14N2O2S/c1-11(20)18-14-6-4-12(5-7-14)16-10-13(17(21)19-16)9-15-3-2-8-22-15/h2-10H,1H3,(H,18,20)(H,19,21). The smallest absolute Gasteiger partial charge is 0.255 e. The van der Waals surface area contributed by atoms with Crippen molar-refractivity contribution in [2.24, 2.45) is 0 Å². The molecule has 0 radical (unpaired) electrons. The normalized spacial score (nSPS) is 15.6. The molecule has 5 heteroatoms. The maximum Gasteiger partial charge on any atom is 0.255 e. The first-order valence-corrected chi connectivity index (χ1v) is 7.66. The van der Waals surface area contributed by atoms with Crippen LogP contribution in [0.2, 0.25) is 0 Å². The molecule has 0 unspecified atom stereocenters. The van der Waals surface area contributed by atoms with Crippen LogP contribution >= 0.6 is 11.3 Å². The quantitative estimate of drug-likeness (QED) is 0.855. The van der Waals surface area contributed by atoms with E-state index in [0.717, 1.165) is 21.8 Å². The zero-order chi connectivity index (χ0) is 15.5. The van der Waals surface area contributed by atoms with Gasteiger partial charge in [-0.2, -0.15) is 0 Å². The maximum absolute atomic E-state index is 12.0. The third-order valence-electron chi connectivity index (χ3n) is 3.17. The Balaban J connectivity index is 1.83. The lowest BCUT2D eigenvalue weighted by atomic mass is 10.1. The predicted octanol–water partition coefficient (Wildman–Crippen LogP) is 3.26. The molecular formula is C17H14N2O2S. The van der Waals surface area contributed by atoms with Gasteiger partial charge in [-0.15, -0.1) is 11.3 Å². The molecule has 0 atom stereocenters. The van der Waals surface area contributed by atoms with Crippen LogP contribution in [0.25, 0.3) is 11.8 Å². The van der Waals surface area contributed by atoms with Crippen molar-refractivity contribution < 1.29 is 9.59 Å². The second kappa shape index (κ2) is 5.99. The van der Waals surface area contributed by atoms with Crippen molar-refractivity contribution in [2.75, 3.05) is 5.32 Å². The summed E-state index contributed by atoms with van der Waals surface area (Å²) in [6.07, 6.45) is 3.72. The maximum atomic E-state index is 12.0. The van der Waals surface area contributed by atoms with Crippen molar-refractivity contribution in [1.82, 2.24) is 5.32 Å². The number of benzene rings is 1. The Hall–Kier alpha value is -2.66. The molecule has 0 fully saturated rings. The lowest BCUT2D eigenvalue weighted by Gasteiger charge is -2.05. The number of rotatable bonds is 3. The van der Waals surface area contributed by atoms with Crippen molar-refractivity contribution >= 4 is 40.6 Å². The van der Waals surface area contributed by atoms with Gasteiger partial charge in [-0.25, -0.2) is 0 Å². The summed E-state index contributed by atoms with van der Waals surface area (Å²) in [7, 11) is 0. The van der Waals surface area contributed by atoms with Crippen LogP contribution in [0.4, 0.5) is 5.69 Å². The summed E-state index contributed by atoms with van der Waals surface area (Å²) in [5.74, 6) is -0.211. The summed E-state index contributed by atoms with van der Waals surface area (Å²) < 4.78 is 0. The van der Waals surface area contributed by atoms with Crippen molar-refractivity contribution in [2.45, 2.75) is 6.92 Å². The zero-order valence-corrected chi connectivity index (χ0v) is 12.7. The molecule has 1 aromatic heterocycles. The van der Waals surface area contributed by atoms with E-state index in [1.165, 1.54) is 6.92 Å². The number of hydrogen-bond donors (Lipinski definition) is 2. The molecule has 22 heavy (non-hydrogen) atoms. The second-order valence-electron chi connectivity index (χ2n) is 4.89. The highest BCUT2D eigenvalue weighted by atomic mass is 32.1. The average molecular weight is 310 g/mol. The Morgan fingerprint density at radius 3 is 2.64 bits per heavy atom. The van der Waals surface area contributed by atoms with E-state index in [1.54, 1.807) is 11.3 Å². The molecule has 110 valence electrons. The van der Waals surface area contributed by atoms with Crippen molar-refractivity contribution in [1.29, 1.82) is 0 Å². The second-order valence-corrected chi connectivity index (χ2v) is 5.87. The predicted molar refractivity (Wildman–Crippen MR) is 89.2 cm³/mol. The minimum absolute atomic E-state index is 0.102. The highest BCUT2D eigenvalue weighted by molar-refractivity contribution is 7.10. The molecule has 2 amide bonds. The molecule has 2 aromatic rings. The molecule has 2 N–H and O–H groups in total. The van der Waals surface area contributed by atoms with Gasteiger partial charge in [0.1, 0.15) is 0 Å². The van der Waals surface area contributed by atoms with Gasteiger partial charge in [-0.1, -0.05) is 18.2 Å². The number of nitrogens with one attached hydrogen (secondary N) is 2.